The number of phenols is 1. The molecule has 0 saturated carbocycles. The van der Waals surface area contributed by atoms with Crippen molar-refractivity contribution in [2.24, 2.45) is 5.92 Å². The first-order valence-electron chi connectivity index (χ1n) is 8.01. The van der Waals surface area contributed by atoms with Gasteiger partial charge in [-0.15, -0.1) is 0 Å². The number of hydrogen-bond donors (Lipinski definition) is 1. The fraction of sp³-hybridized carbons (Fsp3) is 0.333. The van der Waals surface area contributed by atoms with E-state index in [1.165, 1.54) is 6.42 Å². The van der Waals surface area contributed by atoms with Crippen molar-refractivity contribution < 1.29 is 5.11 Å². The molecule has 5 heteroatoms. The molecule has 1 N–H and O–H groups in total. The van der Waals surface area contributed by atoms with E-state index in [1.54, 1.807) is 12.3 Å². The maximum Gasteiger partial charge on any atom is 0.164 e. The number of imidazole rings is 1. The molecule has 1 unspecified atom stereocenters. The van der Waals surface area contributed by atoms with E-state index in [2.05, 4.69) is 16.9 Å². The highest BCUT2D eigenvalue weighted by Gasteiger charge is 2.24. The van der Waals surface area contributed by atoms with Crippen LogP contribution in [0.25, 0.3) is 16.9 Å². The Morgan fingerprint density at radius 2 is 2.09 bits per heavy atom. The monoisotopic (exact) mass is 308 g/mol. The van der Waals surface area contributed by atoms with Gasteiger partial charge in [-0.2, -0.15) is 0 Å². The average molecular weight is 308 g/mol. The molecule has 0 radical (unpaired) electrons. The predicted molar refractivity (Wildman–Crippen MR) is 89.8 cm³/mol. The Hall–Kier alpha value is -2.40. The van der Waals surface area contributed by atoms with E-state index >= 15 is 0 Å². The van der Waals surface area contributed by atoms with Gasteiger partial charge in [0.15, 0.2) is 5.65 Å². The topological polar surface area (TPSA) is 54.2 Å². The predicted octanol–water partition coefficient (Wildman–Crippen LogP) is 2.62. The summed E-state index contributed by atoms with van der Waals surface area (Å²) < 4.78 is 2.00. The van der Waals surface area contributed by atoms with Gasteiger partial charge in [-0.3, -0.25) is 4.57 Å². The number of phenolic OH excluding ortho intramolecular Hbond substituents is 1. The van der Waals surface area contributed by atoms with Crippen molar-refractivity contribution in [1.29, 1.82) is 0 Å². The second kappa shape index (κ2) is 5.66. The zero-order valence-electron chi connectivity index (χ0n) is 13.2. The smallest absolute Gasteiger partial charge is 0.164 e. The molecule has 118 valence electrons. The minimum absolute atomic E-state index is 0.252. The molecule has 0 aliphatic carbocycles. The third-order valence-electron chi connectivity index (χ3n) is 4.57. The van der Waals surface area contributed by atoms with Gasteiger partial charge in [0.25, 0.3) is 0 Å². The Balaban J connectivity index is 1.83. The van der Waals surface area contributed by atoms with Crippen molar-refractivity contribution in [3.8, 4) is 11.4 Å². The fourth-order valence-corrected chi connectivity index (χ4v) is 3.45. The number of rotatable bonds is 3. The molecular formula is C18H20N4O. The molecule has 4 rings (SSSR count). The summed E-state index contributed by atoms with van der Waals surface area (Å²) in [7, 11) is 2.16. The van der Waals surface area contributed by atoms with E-state index in [9.17, 15) is 5.11 Å². The third kappa shape index (κ3) is 2.57. The van der Waals surface area contributed by atoms with Crippen molar-refractivity contribution in [3.63, 3.8) is 0 Å². The highest BCUT2D eigenvalue weighted by atomic mass is 16.3. The van der Waals surface area contributed by atoms with Gasteiger partial charge in [0.2, 0.25) is 0 Å². The van der Waals surface area contributed by atoms with E-state index in [4.69, 9.17) is 4.98 Å². The molecule has 1 aliphatic rings. The van der Waals surface area contributed by atoms with Crippen molar-refractivity contribution in [3.05, 3.63) is 48.4 Å². The number of nitrogens with zero attached hydrogens (tertiary/aromatic N) is 4. The number of pyridine rings is 1. The SMILES string of the molecule is CN1CCC(Cc2nc3cccnc3n2-c2ccccc2O)C1. The van der Waals surface area contributed by atoms with E-state index in [1.807, 2.05) is 34.9 Å². The molecule has 1 fully saturated rings. The summed E-state index contributed by atoms with van der Waals surface area (Å²) >= 11 is 0. The Morgan fingerprint density at radius 1 is 1.22 bits per heavy atom. The molecule has 2 aromatic heterocycles. The summed E-state index contributed by atoms with van der Waals surface area (Å²) in [6, 6.07) is 11.3. The van der Waals surface area contributed by atoms with E-state index in [-0.39, 0.29) is 5.75 Å². The molecule has 3 aromatic rings. The highest BCUT2D eigenvalue weighted by Crippen LogP contribution is 2.29. The van der Waals surface area contributed by atoms with Crippen molar-refractivity contribution in [2.45, 2.75) is 12.8 Å². The zero-order chi connectivity index (χ0) is 15.8. The lowest BCUT2D eigenvalue weighted by Crippen LogP contribution is -2.16. The number of benzene rings is 1. The molecule has 1 aliphatic heterocycles. The van der Waals surface area contributed by atoms with Crippen LogP contribution < -0.4 is 0 Å². The number of fused-ring (bicyclic) bond motifs is 1. The standard InChI is InChI=1S/C18H20N4O/c1-21-10-8-13(12-21)11-17-20-14-5-4-9-19-18(14)22(17)15-6-2-3-7-16(15)23/h2-7,9,13,23H,8,10-12H2,1H3. The molecule has 3 heterocycles. The lowest BCUT2D eigenvalue weighted by Gasteiger charge is -2.13. The molecular weight excluding hydrogens is 288 g/mol. The maximum atomic E-state index is 10.3. The summed E-state index contributed by atoms with van der Waals surface area (Å²) in [6.07, 6.45) is 3.86. The van der Waals surface area contributed by atoms with Gasteiger partial charge < -0.3 is 10.0 Å². The van der Waals surface area contributed by atoms with Gasteiger partial charge in [-0.05, 0) is 50.2 Å². The Kier molecular flexibility index (Phi) is 3.50. The van der Waals surface area contributed by atoms with Crippen LogP contribution in [0, 0.1) is 5.92 Å². The molecule has 0 spiro atoms. The summed E-state index contributed by atoms with van der Waals surface area (Å²) in [5, 5.41) is 10.3. The largest absolute Gasteiger partial charge is 0.506 e. The summed E-state index contributed by atoms with van der Waals surface area (Å²) in [5.74, 6) is 1.82. The van der Waals surface area contributed by atoms with Gasteiger partial charge in [0, 0.05) is 19.2 Å². The molecule has 0 amide bonds. The van der Waals surface area contributed by atoms with Crippen LogP contribution in [0.4, 0.5) is 0 Å². The molecule has 23 heavy (non-hydrogen) atoms. The summed E-state index contributed by atoms with van der Waals surface area (Å²) in [4.78, 5) is 11.6. The first kappa shape index (κ1) is 14.2. The molecule has 1 aromatic carbocycles. The van der Waals surface area contributed by atoms with Crippen LogP contribution in [0.2, 0.25) is 0 Å². The second-order valence-corrected chi connectivity index (χ2v) is 6.32. The van der Waals surface area contributed by atoms with Gasteiger partial charge in [-0.1, -0.05) is 12.1 Å². The first-order valence-corrected chi connectivity index (χ1v) is 8.01. The maximum absolute atomic E-state index is 10.3. The number of hydrogen-bond acceptors (Lipinski definition) is 4. The zero-order valence-corrected chi connectivity index (χ0v) is 13.2. The van der Waals surface area contributed by atoms with E-state index < -0.39 is 0 Å². The fourth-order valence-electron chi connectivity index (χ4n) is 3.45. The molecule has 1 atom stereocenters. The Morgan fingerprint density at radius 3 is 2.87 bits per heavy atom. The summed E-state index contributed by atoms with van der Waals surface area (Å²) in [5.41, 5.74) is 2.42. The lowest BCUT2D eigenvalue weighted by molar-refractivity contribution is 0.392. The molecule has 5 nitrogen and oxygen atoms in total. The second-order valence-electron chi connectivity index (χ2n) is 6.32. The van der Waals surface area contributed by atoms with Crippen LogP contribution in [-0.2, 0) is 6.42 Å². The number of likely N-dealkylation sites (tertiary alicyclic amines) is 1. The number of aromatic nitrogens is 3. The average Bonchev–Trinajstić information content (AvgIpc) is 3.11. The summed E-state index contributed by atoms with van der Waals surface area (Å²) in [6.45, 7) is 2.23. The quantitative estimate of drug-likeness (QED) is 0.808. The van der Waals surface area contributed by atoms with E-state index in [0.717, 1.165) is 42.2 Å². The molecule has 0 bridgehead atoms. The lowest BCUT2D eigenvalue weighted by atomic mass is 10.0. The van der Waals surface area contributed by atoms with Crippen LogP contribution in [-0.4, -0.2) is 44.7 Å². The third-order valence-corrected chi connectivity index (χ3v) is 4.57. The van der Waals surface area contributed by atoms with Gasteiger partial charge in [-0.25, -0.2) is 9.97 Å². The van der Waals surface area contributed by atoms with Crippen LogP contribution in [0.15, 0.2) is 42.6 Å². The van der Waals surface area contributed by atoms with Crippen LogP contribution >= 0.6 is 0 Å². The van der Waals surface area contributed by atoms with E-state index in [0.29, 0.717) is 5.92 Å². The van der Waals surface area contributed by atoms with Crippen LogP contribution in [0.1, 0.15) is 12.2 Å². The minimum Gasteiger partial charge on any atom is -0.506 e. The van der Waals surface area contributed by atoms with Crippen molar-refractivity contribution in [2.75, 3.05) is 20.1 Å². The Bertz CT molecular complexity index is 842. The normalized spacial score (nSPS) is 18.7. The molecule has 1 saturated heterocycles. The van der Waals surface area contributed by atoms with Crippen molar-refractivity contribution in [1.82, 2.24) is 19.4 Å². The van der Waals surface area contributed by atoms with Crippen molar-refractivity contribution >= 4 is 11.2 Å². The highest BCUT2D eigenvalue weighted by molar-refractivity contribution is 5.74. The Labute approximate surface area is 135 Å². The number of aromatic hydroxyl groups is 1. The first-order chi connectivity index (χ1) is 11.2. The van der Waals surface area contributed by atoms with Gasteiger partial charge in [0.1, 0.15) is 17.1 Å². The van der Waals surface area contributed by atoms with Crippen LogP contribution in [0.5, 0.6) is 5.75 Å². The van der Waals surface area contributed by atoms with Crippen LogP contribution in [0.3, 0.4) is 0 Å². The van der Waals surface area contributed by atoms with Gasteiger partial charge >= 0.3 is 0 Å². The minimum atomic E-state index is 0.252. The number of para-hydroxylation sites is 2. The van der Waals surface area contributed by atoms with Gasteiger partial charge in [0.05, 0.1) is 5.69 Å².